The van der Waals surface area contributed by atoms with Crippen molar-refractivity contribution in [3.05, 3.63) is 42.2 Å². The third-order valence-corrected chi connectivity index (χ3v) is 2.17. The highest BCUT2D eigenvalue weighted by Crippen LogP contribution is 2.26. The van der Waals surface area contributed by atoms with Gasteiger partial charge in [-0.25, -0.2) is 0 Å². The maximum Gasteiger partial charge on any atom is 0.168 e. The summed E-state index contributed by atoms with van der Waals surface area (Å²) in [6.07, 6.45) is 2.16. The van der Waals surface area contributed by atoms with Crippen LogP contribution in [0.5, 0.6) is 11.5 Å². The Morgan fingerprint density at radius 2 is 1.82 bits per heavy atom. The lowest BCUT2D eigenvalue weighted by Gasteiger charge is -2.07. The Morgan fingerprint density at radius 3 is 2.53 bits per heavy atom. The van der Waals surface area contributed by atoms with Gasteiger partial charge in [0.15, 0.2) is 6.29 Å². The molecule has 4 N–H and O–H groups in total. The fourth-order valence-corrected chi connectivity index (χ4v) is 1.31. The first-order valence-electron chi connectivity index (χ1n) is 4.93. The minimum atomic E-state index is 0.311. The zero-order chi connectivity index (χ0) is 12.3. The SMILES string of the molecule is Nc1ccc(Oc2ccnc(C=O)c2)cc1N. The van der Waals surface area contributed by atoms with Crippen LogP contribution in [0.1, 0.15) is 10.5 Å². The average molecular weight is 229 g/mol. The Morgan fingerprint density at radius 1 is 1.06 bits per heavy atom. The summed E-state index contributed by atoms with van der Waals surface area (Å²) in [5, 5.41) is 0. The van der Waals surface area contributed by atoms with Crippen molar-refractivity contribution in [1.82, 2.24) is 4.98 Å². The zero-order valence-corrected chi connectivity index (χ0v) is 8.96. The van der Waals surface area contributed by atoms with Gasteiger partial charge in [0.2, 0.25) is 0 Å². The zero-order valence-electron chi connectivity index (χ0n) is 8.96. The molecule has 0 aliphatic carbocycles. The topological polar surface area (TPSA) is 91.2 Å². The molecular formula is C12H11N3O2. The van der Waals surface area contributed by atoms with Gasteiger partial charge >= 0.3 is 0 Å². The van der Waals surface area contributed by atoms with Crippen LogP contribution in [0.25, 0.3) is 0 Å². The summed E-state index contributed by atoms with van der Waals surface area (Å²) in [6.45, 7) is 0. The van der Waals surface area contributed by atoms with Crippen LogP contribution in [0.2, 0.25) is 0 Å². The minimum Gasteiger partial charge on any atom is -0.457 e. The number of carbonyl (C=O) groups is 1. The van der Waals surface area contributed by atoms with E-state index >= 15 is 0 Å². The van der Waals surface area contributed by atoms with Crippen LogP contribution in [0.3, 0.4) is 0 Å². The smallest absolute Gasteiger partial charge is 0.168 e. The van der Waals surface area contributed by atoms with E-state index in [0.717, 1.165) is 0 Å². The highest BCUT2D eigenvalue weighted by Gasteiger charge is 2.01. The number of anilines is 2. The number of rotatable bonds is 3. The van der Waals surface area contributed by atoms with Gasteiger partial charge in [0, 0.05) is 18.3 Å². The van der Waals surface area contributed by atoms with Crippen molar-refractivity contribution in [3.8, 4) is 11.5 Å². The van der Waals surface area contributed by atoms with Gasteiger partial charge < -0.3 is 16.2 Å². The largest absolute Gasteiger partial charge is 0.457 e. The third kappa shape index (κ3) is 2.52. The van der Waals surface area contributed by atoms with Crippen LogP contribution < -0.4 is 16.2 Å². The van der Waals surface area contributed by atoms with E-state index in [1.807, 2.05) is 0 Å². The van der Waals surface area contributed by atoms with Gasteiger partial charge in [0.25, 0.3) is 0 Å². The number of ether oxygens (including phenoxy) is 1. The molecule has 2 rings (SSSR count). The molecule has 17 heavy (non-hydrogen) atoms. The summed E-state index contributed by atoms with van der Waals surface area (Å²) in [5.41, 5.74) is 12.5. The van der Waals surface area contributed by atoms with E-state index in [0.29, 0.717) is 34.9 Å². The Labute approximate surface area is 98.0 Å². The van der Waals surface area contributed by atoms with Crippen molar-refractivity contribution < 1.29 is 9.53 Å². The quantitative estimate of drug-likeness (QED) is 0.619. The second-order valence-electron chi connectivity index (χ2n) is 3.43. The molecule has 1 aromatic heterocycles. The number of benzene rings is 1. The Bertz CT molecular complexity index is 555. The first-order chi connectivity index (χ1) is 8.19. The van der Waals surface area contributed by atoms with Gasteiger partial charge in [-0.1, -0.05) is 0 Å². The summed E-state index contributed by atoms with van der Waals surface area (Å²) in [4.78, 5) is 14.4. The van der Waals surface area contributed by atoms with Crippen LogP contribution in [0, 0.1) is 0 Å². The molecule has 1 aromatic carbocycles. The van der Waals surface area contributed by atoms with E-state index in [9.17, 15) is 4.79 Å². The van der Waals surface area contributed by atoms with Crippen molar-refractivity contribution in [2.45, 2.75) is 0 Å². The molecule has 0 unspecified atom stereocenters. The Balaban J connectivity index is 2.24. The van der Waals surface area contributed by atoms with E-state index < -0.39 is 0 Å². The van der Waals surface area contributed by atoms with E-state index in [2.05, 4.69) is 4.98 Å². The molecule has 0 aliphatic rings. The molecule has 0 spiro atoms. The van der Waals surface area contributed by atoms with Crippen molar-refractivity contribution in [3.63, 3.8) is 0 Å². The molecule has 1 heterocycles. The normalized spacial score (nSPS) is 9.88. The molecule has 0 amide bonds. The average Bonchev–Trinajstić information content (AvgIpc) is 2.34. The number of hydrogen-bond donors (Lipinski definition) is 2. The van der Waals surface area contributed by atoms with E-state index in [4.69, 9.17) is 16.2 Å². The van der Waals surface area contributed by atoms with Crippen LogP contribution in [-0.2, 0) is 0 Å². The maximum atomic E-state index is 10.6. The van der Waals surface area contributed by atoms with Crippen LogP contribution in [-0.4, -0.2) is 11.3 Å². The predicted octanol–water partition coefficient (Wildman–Crippen LogP) is 1.85. The van der Waals surface area contributed by atoms with Gasteiger partial charge in [-0.15, -0.1) is 0 Å². The highest BCUT2D eigenvalue weighted by atomic mass is 16.5. The number of nitrogen functional groups attached to an aromatic ring is 2. The van der Waals surface area contributed by atoms with Gasteiger partial charge in [0.05, 0.1) is 11.4 Å². The van der Waals surface area contributed by atoms with Crippen molar-refractivity contribution in [1.29, 1.82) is 0 Å². The molecule has 0 fully saturated rings. The first-order valence-corrected chi connectivity index (χ1v) is 4.93. The van der Waals surface area contributed by atoms with Crippen molar-refractivity contribution in [2.75, 3.05) is 11.5 Å². The summed E-state index contributed by atoms with van der Waals surface area (Å²) in [6, 6.07) is 8.18. The van der Waals surface area contributed by atoms with Gasteiger partial charge in [-0.2, -0.15) is 0 Å². The highest BCUT2D eigenvalue weighted by molar-refractivity contribution is 5.72. The molecule has 0 saturated heterocycles. The number of nitrogens with two attached hydrogens (primary N) is 2. The van der Waals surface area contributed by atoms with E-state index in [-0.39, 0.29) is 0 Å². The monoisotopic (exact) mass is 229 g/mol. The fraction of sp³-hybridized carbons (Fsp3) is 0. The molecule has 0 aliphatic heterocycles. The Hall–Kier alpha value is -2.56. The number of aldehydes is 1. The van der Waals surface area contributed by atoms with Gasteiger partial charge in [-0.05, 0) is 18.2 Å². The molecule has 0 atom stereocenters. The minimum absolute atomic E-state index is 0.311. The number of carbonyl (C=O) groups excluding carboxylic acids is 1. The molecule has 0 bridgehead atoms. The van der Waals surface area contributed by atoms with Crippen molar-refractivity contribution >= 4 is 17.7 Å². The van der Waals surface area contributed by atoms with Crippen molar-refractivity contribution in [2.24, 2.45) is 0 Å². The standard InChI is InChI=1S/C12H11N3O2/c13-11-2-1-9(6-12(11)14)17-10-3-4-15-8(5-10)7-16/h1-7H,13-14H2. The van der Waals surface area contributed by atoms with E-state index in [1.54, 1.807) is 30.3 Å². The third-order valence-electron chi connectivity index (χ3n) is 2.17. The number of hydrogen-bond acceptors (Lipinski definition) is 5. The predicted molar refractivity (Wildman–Crippen MR) is 65.0 cm³/mol. The van der Waals surface area contributed by atoms with Gasteiger partial charge in [-0.3, -0.25) is 9.78 Å². The lowest BCUT2D eigenvalue weighted by Crippen LogP contribution is -1.95. The molecular weight excluding hydrogens is 218 g/mol. The summed E-state index contributed by atoms with van der Waals surface area (Å²) < 4.78 is 5.52. The number of aromatic nitrogens is 1. The summed E-state index contributed by atoms with van der Waals surface area (Å²) in [7, 11) is 0. The van der Waals surface area contributed by atoms with Crippen LogP contribution in [0.15, 0.2) is 36.5 Å². The second-order valence-corrected chi connectivity index (χ2v) is 3.43. The van der Waals surface area contributed by atoms with Gasteiger partial charge in [0.1, 0.15) is 17.2 Å². The molecule has 86 valence electrons. The molecule has 5 heteroatoms. The second kappa shape index (κ2) is 4.52. The van der Waals surface area contributed by atoms with Crippen LogP contribution >= 0.6 is 0 Å². The number of nitrogens with zero attached hydrogens (tertiary/aromatic N) is 1. The van der Waals surface area contributed by atoms with Crippen LogP contribution in [0.4, 0.5) is 11.4 Å². The fourth-order valence-electron chi connectivity index (χ4n) is 1.31. The molecule has 0 radical (unpaired) electrons. The first kappa shape index (κ1) is 10.9. The lowest BCUT2D eigenvalue weighted by atomic mass is 10.2. The number of pyridine rings is 1. The van der Waals surface area contributed by atoms with E-state index in [1.165, 1.54) is 6.20 Å². The molecule has 5 nitrogen and oxygen atoms in total. The summed E-state index contributed by atoms with van der Waals surface area (Å²) in [5.74, 6) is 1.08. The molecule has 2 aromatic rings. The lowest BCUT2D eigenvalue weighted by molar-refractivity contribution is 0.111. The summed E-state index contributed by atoms with van der Waals surface area (Å²) >= 11 is 0. The maximum absolute atomic E-state index is 10.6. The Kier molecular flexibility index (Phi) is 2.91. The molecule has 0 saturated carbocycles.